The van der Waals surface area contributed by atoms with Crippen LogP contribution in [-0.2, 0) is 9.78 Å². The van der Waals surface area contributed by atoms with Crippen molar-refractivity contribution in [1.82, 2.24) is 0 Å². The molecule has 0 bridgehead atoms. The van der Waals surface area contributed by atoms with E-state index >= 15 is 0 Å². The minimum Gasteiger partial charge on any atom is -0.504 e. The highest BCUT2D eigenvalue weighted by molar-refractivity contribution is 6.25. The van der Waals surface area contributed by atoms with E-state index in [1.165, 1.54) is 41.5 Å². The fraction of sp³-hybridized carbons (Fsp3) is 0.320. The third-order valence-electron chi connectivity index (χ3n) is 4.87. The largest absolute Gasteiger partial charge is 0.504 e. The standard InChI is InChI=1S/C25H26O17/c1-24(2,3)41-39-18-11(22(35)36)7(20(31)32)9(14(27)16(18)29)13(26)10-8(21(33)34)12(23(37)38)19(17(30)15(10)28)40-42-25(4,5)6/h27-30H,1-6H3,(H,31,32)(H,33,34)(H,35,36)(H,37,38). The highest BCUT2D eigenvalue weighted by Gasteiger charge is 2.42. The second kappa shape index (κ2) is 11.3. The zero-order valence-electron chi connectivity index (χ0n) is 22.8. The Morgan fingerprint density at radius 1 is 0.452 bits per heavy atom. The highest BCUT2D eigenvalue weighted by Crippen LogP contribution is 2.49. The van der Waals surface area contributed by atoms with Crippen molar-refractivity contribution >= 4 is 29.7 Å². The van der Waals surface area contributed by atoms with Crippen LogP contribution in [0.1, 0.15) is 98.9 Å². The molecule has 0 amide bonds. The molecule has 0 aliphatic heterocycles. The van der Waals surface area contributed by atoms with E-state index in [2.05, 4.69) is 0 Å². The van der Waals surface area contributed by atoms with Crippen LogP contribution in [0.25, 0.3) is 0 Å². The molecule has 0 spiro atoms. The number of benzene rings is 2. The summed E-state index contributed by atoms with van der Waals surface area (Å²) in [5.41, 5.74) is -11.8. The van der Waals surface area contributed by atoms with E-state index in [-0.39, 0.29) is 0 Å². The quantitative estimate of drug-likeness (QED) is 0.0844. The third-order valence-corrected chi connectivity index (χ3v) is 4.87. The molecule has 42 heavy (non-hydrogen) atoms. The van der Waals surface area contributed by atoms with E-state index in [0.29, 0.717) is 0 Å². The smallest absolute Gasteiger partial charge is 0.340 e. The van der Waals surface area contributed by atoms with Crippen LogP contribution in [0.15, 0.2) is 0 Å². The first-order valence-corrected chi connectivity index (χ1v) is 11.5. The summed E-state index contributed by atoms with van der Waals surface area (Å²) >= 11 is 0. The van der Waals surface area contributed by atoms with Gasteiger partial charge in [-0.15, -0.1) is 0 Å². The highest BCUT2D eigenvalue weighted by atomic mass is 17.2. The molecule has 228 valence electrons. The fourth-order valence-electron chi connectivity index (χ4n) is 3.30. The van der Waals surface area contributed by atoms with Gasteiger partial charge in [0.1, 0.15) is 22.3 Å². The Balaban J connectivity index is 3.11. The van der Waals surface area contributed by atoms with Crippen molar-refractivity contribution in [3.63, 3.8) is 0 Å². The molecule has 0 radical (unpaired) electrons. The van der Waals surface area contributed by atoms with Gasteiger partial charge < -0.3 is 50.6 Å². The van der Waals surface area contributed by atoms with E-state index in [1.807, 2.05) is 0 Å². The van der Waals surface area contributed by atoms with Crippen LogP contribution in [0.5, 0.6) is 34.5 Å². The van der Waals surface area contributed by atoms with E-state index in [4.69, 9.17) is 19.6 Å². The molecule has 2 aromatic rings. The first kappa shape index (κ1) is 32.9. The molecule has 8 N–H and O–H groups in total. The number of hydrogen-bond donors (Lipinski definition) is 8. The summed E-state index contributed by atoms with van der Waals surface area (Å²) in [6, 6.07) is 0. The normalized spacial score (nSPS) is 11.6. The van der Waals surface area contributed by atoms with E-state index in [0.717, 1.165) is 0 Å². The van der Waals surface area contributed by atoms with Gasteiger partial charge >= 0.3 is 23.9 Å². The molecule has 0 saturated heterocycles. The lowest BCUT2D eigenvalue weighted by molar-refractivity contribution is -0.275. The SMILES string of the molecule is CC(C)(C)OOc1c(O)c(O)c(C(=O)c2c(O)c(O)c(OOC(C)(C)C)c(C(=O)O)c2C(=O)O)c(C(=O)O)c1C(=O)O. The number of carbonyl (C=O) groups excluding carboxylic acids is 1. The average molecular weight is 598 g/mol. The Kier molecular flexibility index (Phi) is 8.86. The summed E-state index contributed by atoms with van der Waals surface area (Å²) in [5, 5.41) is 81.5. The summed E-state index contributed by atoms with van der Waals surface area (Å²) in [6.07, 6.45) is 0. The first-order valence-electron chi connectivity index (χ1n) is 11.5. The number of carboxylic acid groups (broad SMARTS) is 4. The molecule has 0 aliphatic carbocycles. The van der Waals surface area contributed by atoms with Crippen molar-refractivity contribution < 1.29 is 84.4 Å². The molecule has 0 aromatic heterocycles. The number of carboxylic acids is 4. The van der Waals surface area contributed by atoms with Crippen LogP contribution in [0.4, 0.5) is 0 Å². The van der Waals surface area contributed by atoms with Crippen molar-refractivity contribution in [3.8, 4) is 34.5 Å². The van der Waals surface area contributed by atoms with Gasteiger partial charge in [-0.2, -0.15) is 9.78 Å². The van der Waals surface area contributed by atoms with Crippen molar-refractivity contribution in [2.75, 3.05) is 0 Å². The van der Waals surface area contributed by atoms with E-state index in [9.17, 15) is 64.8 Å². The van der Waals surface area contributed by atoms with Gasteiger partial charge in [0, 0.05) is 0 Å². The number of ketones is 1. The molecule has 2 aromatic carbocycles. The maximum atomic E-state index is 13.7. The Hall–Kier alpha value is -5.29. The Bertz CT molecular complexity index is 1390. The topological polar surface area (TPSA) is 284 Å². The molecule has 0 aliphatic rings. The summed E-state index contributed by atoms with van der Waals surface area (Å²) in [5.74, 6) is -19.9. The zero-order chi connectivity index (χ0) is 32.6. The predicted octanol–water partition coefficient (Wildman–Crippen LogP) is 2.75. The summed E-state index contributed by atoms with van der Waals surface area (Å²) in [4.78, 5) is 81.6. The second-order valence-electron chi connectivity index (χ2n) is 10.4. The molecule has 0 atom stereocenters. The van der Waals surface area contributed by atoms with Gasteiger partial charge in [-0.1, -0.05) is 0 Å². The number of aromatic carboxylic acids is 4. The van der Waals surface area contributed by atoms with Crippen LogP contribution >= 0.6 is 0 Å². The summed E-state index contributed by atoms with van der Waals surface area (Å²) in [6.45, 7) is 8.43. The minimum absolute atomic E-state index is 1.19. The third kappa shape index (κ3) is 6.37. The average Bonchev–Trinajstić information content (AvgIpc) is 2.82. The van der Waals surface area contributed by atoms with Crippen LogP contribution < -0.4 is 9.78 Å². The molecule has 17 nitrogen and oxygen atoms in total. The first-order chi connectivity index (χ1) is 19.0. The van der Waals surface area contributed by atoms with Crippen molar-refractivity contribution in [2.45, 2.75) is 52.7 Å². The van der Waals surface area contributed by atoms with Gasteiger partial charge in [0.05, 0.1) is 22.3 Å². The molecule has 0 fully saturated rings. The number of phenols is 4. The van der Waals surface area contributed by atoms with Crippen molar-refractivity contribution in [1.29, 1.82) is 0 Å². The van der Waals surface area contributed by atoms with Gasteiger partial charge in [-0.05, 0) is 41.5 Å². The van der Waals surface area contributed by atoms with Crippen molar-refractivity contribution in [3.05, 3.63) is 33.4 Å². The van der Waals surface area contributed by atoms with Crippen LogP contribution in [0.3, 0.4) is 0 Å². The van der Waals surface area contributed by atoms with Crippen molar-refractivity contribution in [2.24, 2.45) is 0 Å². The molecular formula is C25H26O17. The van der Waals surface area contributed by atoms with E-state index in [1.54, 1.807) is 0 Å². The summed E-state index contributed by atoms with van der Waals surface area (Å²) < 4.78 is 0. The van der Waals surface area contributed by atoms with Gasteiger partial charge in [-0.3, -0.25) is 4.79 Å². The minimum atomic E-state index is -2.25. The molecule has 2 rings (SSSR count). The molecule has 17 heteroatoms. The molecule has 0 unspecified atom stereocenters. The number of rotatable bonds is 10. The predicted molar refractivity (Wildman–Crippen MR) is 134 cm³/mol. The maximum Gasteiger partial charge on any atom is 0.340 e. The summed E-state index contributed by atoms with van der Waals surface area (Å²) in [7, 11) is 0. The Labute approximate surface area is 235 Å². The van der Waals surface area contributed by atoms with Gasteiger partial charge in [0.25, 0.3) is 0 Å². The number of carbonyl (C=O) groups is 5. The van der Waals surface area contributed by atoms with Crippen LogP contribution in [-0.4, -0.2) is 81.7 Å². The van der Waals surface area contributed by atoms with Crippen LogP contribution in [0.2, 0.25) is 0 Å². The van der Waals surface area contributed by atoms with Gasteiger partial charge in [0.2, 0.25) is 28.8 Å². The number of phenolic OH excluding ortho intramolecular Hbond substituents is 4. The zero-order valence-corrected chi connectivity index (χ0v) is 22.8. The lowest BCUT2D eigenvalue weighted by Gasteiger charge is -2.22. The molecule has 0 saturated carbocycles. The molecule has 0 heterocycles. The maximum absolute atomic E-state index is 13.7. The number of hydrogen-bond acceptors (Lipinski definition) is 13. The van der Waals surface area contributed by atoms with Crippen LogP contribution in [0, 0.1) is 0 Å². The monoisotopic (exact) mass is 598 g/mol. The lowest BCUT2D eigenvalue weighted by atomic mass is 9.87. The molecular weight excluding hydrogens is 572 g/mol. The van der Waals surface area contributed by atoms with E-state index < -0.39 is 109 Å². The Morgan fingerprint density at radius 3 is 0.929 bits per heavy atom. The number of aromatic hydroxyl groups is 4. The Morgan fingerprint density at radius 2 is 0.714 bits per heavy atom. The van der Waals surface area contributed by atoms with Gasteiger partial charge in [0.15, 0.2) is 11.5 Å². The van der Waals surface area contributed by atoms with Gasteiger partial charge in [-0.25, -0.2) is 19.2 Å². The lowest BCUT2D eigenvalue weighted by Crippen LogP contribution is -2.25. The second-order valence-corrected chi connectivity index (χ2v) is 10.4. The fourth-order valence-corrected chi connectivity index (χ4v) is 3.30.